The van der Waals surface area contributed by atoms with Crippen LogP contribution >= 0.6 is 22.6 Å². The first-order valence-electron chi connectivity index (χ1n) is 13.1. The standard InChI is InChI=1S/C14H21NO5.C13H23IO4/c1-19-10-11-20-9-3-2-4-12(16)7-8-15-13(17)5-6-14(15)18;1-17-9-10-18-8-3-2-5-12(15)6-4-7-13(16)11-14/h5-6H,2-4,7-11H2,1H3;2-11H2,1H3. The number of rotatable bonds is 24. The van der Waals surface area contributed by atoms with Crippen LogP contribution in [0, 0.1) is 0 Å². The summed E-state index contributed by atoms with van der Waals surface area (Å²) in [6, 6.07) is 0. The van der Waals surface area contributed by atoms with Crippen LogP contribution in [-0.4, -0.2) is 98.9 Å². The molecule has 0 radical (unpaired) electrons. The van der Waals surface area contributed by atoms with Crippen LogP contribution in [0.15, 0.2) is 12.2 Å². The average Bonchev–Trinajstić information content (AvgIpc) is 3.23. The van der Waals surface area contributed by atoms with Crippen LogP contribution in [-0.2, 0) is 42.9 Å². The number of methoxy groups -OCH3 is 2. The molecule has 1 aliphatic rings. The molecule has 0 saturated heterocycles. The molecule has 0 spiro atoms. The Morgan fingerprint density at radius 3 is 1.55 bits per heavy atom. The molecule has 2 amide bonds. The van der Waals surface area contributed by atoms with Crippen molar-refractivity contribution in [3.8, 4) is 0 Å². The number of hydrogen-bond donors (Lipinski definition) is 0. The maximum atomic E-state index is 11.6. The summed E-state index contributed by atoms with van der Waals surface area (Å²) in [5.41, 5.74) is 0. The Balaban J connectivity index is 0.000000726. The lowest BCUT2D eigenvalue weighted by Gasteiger charge is -2.12. The summed E-state index contributed by atoms with van der Waals surface area (Å²) in [6.07, 6.45) is 8.85. The maximum absolute atomic E-state index is 11.6. The van der Waals surface area contributed by atoms with Crippen molar-refractivity contribution >= 4 is 51.8 Å². The maximum Gasteiger partial charge on any atom is 0.253 e. The van der Waals surface area contributed by atoms with E-state index in [0.717, 1.165) is 30.6 Å². The molecule has 11 heteroatoms. The predicted molar refractivity (Wildman–Crippen MR) is 151 cm³/mol. The van der Waals surface area contributed by atoms with Gasteiger partial charge in [0, 0.05) is 78.2 Å². The molecule has 0 aromatic rings. The predicted octanol–water partition coefficient (Wildman–Crippen LogP) is 3.27. The minimum Gasteiger partial charge on any atom is -0.382 e. The Hall–Kier alpha value is -1.54. The van der Waals surface area contributed by atoms with E-state index in [9.17, 15) is 24.0 Å². The van der Waals surface area contributed by atoms with Crippen molar-refractivity contribution in [2.45, 2.75) is 64.2 Å². The van der Waals surface area contributed by atoms with E-state index in [0.29, 0.717) is 76.2 Å². The number of nitrogens with zero attached hydrogens (tertiary/aromatic N) is 1. The number of ketones is 3. The molecule has 0 aliphatic carbocycles. The summed E-state index contributed by atoms with van der Waals surface area (Å²) in [6.45, 7) is 3.84. The van der Waals surface area contributed by atoms with Gasteiger partial charge in [-0.2, -0.15) is 0 Å². The first-order valence-corrected chi connectivity index (χ1v) is 14.7. The minimum absolute atomic E-state index is 0.0643. The number of imide groups is 1. The third-order valence-electron chi connectivity index (χ3n) is 5.43. The van der Waals surface area contributed by atoms with Gasteiger partial charge >= 0.3 is 0 Å². The zero-order valence-electron chi connectivity index (χ0n) is 22.9. The van der Waals surface area contributed by atoms with Gasteiger partial charge in [0.1, 0.15) is 17.3 Å². The lowest BCUT2D eigenvalue weighted by Crippen LogP contribution is -2.32. The minimum atomic E-state index is -0.339. The molecule has 0 saturated carbocycles. The van der Waals surface area contributed by atoms with Gasteiger partial charge in [-0.15, -0.1) is 0 Å². The van der Waals surface area contributed by atoms with E-state index in [1.165, 1.54) is 12.2 Å². The summed E-state index contributed by atoms with van der Waals surface area (Å²) < 4.78 is 20.8. The van der Waals surface area contributed by atoms with Crippen molar-refractivity contribution in [2.24, 2.45) is 0 Å². The molecule has 218 valence electrons. The van der Waals surface area contributed by atoms with E-state index in [1.54, 1.807) is 14.2 Å². The van der Waals surface area contributed by atoms with Crippen molar-refractivity contribution in [3.63, 3.8) is 0 Å². The van der Waals surface area contributed by atoms with Crippen molar-refractivity contribution in [1.82, 2.24) is 4.90 Å². The normalized spacial score (nSPS) is 12.6. The Kier molecular flexibility index (Phi) is 24.7. The highest BCUT2D eigenvalue weighted by Gasteiger charge is 2.23. The van der Waals surface area contributed by atoms with Gasteiger partial charge in [0.25, 0.3) is 11.8 Å². The van der Waals surface area contributed by atoms with Gasteiger partial charge in [0.15, 0.2) is 0 Å². The number of hydrogen-bond acceptors (Lipinski definition) is 9. The lowest BCUT2D eigenvalue weighted by atomic mass is 10.1. The molecule has 0 bridgehead atoms. The second-order valence-corrected chi connectivity index (χ2v) is 9.40. The molecule has 1 aliphatic heterocycles. The molecular weight excluding hydrogens is 609 g/mol. The Labute approximate surface area is 240 Å². The quantitative estimate of drug-likeness (QED) is 0.0668. The second kappa shape index (κ2) is 25.7. The largest absolute Gasteiger partial charge is 0.382 e. The molecule has 1 rings (SSSR count). The van der Waals surface area contributed by atoms with Gasteiger partial charge in [0.05, 0.1) is 30.9 Å². The van der Waals surface area contributed by atoms with Crippen LogP contribution in [0.2, 0.25) is 0 Å². The smallest absolute Gasteiger partial charge is 0.253 e. The van der Waals surface area contributed by atoms with E-state index in [4.69, 9.17) is 18.9 Å². The molecule has 0 atom stereocenters. The van der Waals surface area contributed by atoms with E-state index in [-0.39, 0.29) is 42.1 Å². The van der Waals surface area contributed by atoms with Gasteiger partial charge in [-0.1, -0.05) is 22.6 Å². The number of ether oxygens (including phenoxy) is 4. The highest BCUT2D eigenvalue weighted by atomic mass is 127. The van der Waals surface area contributed by atoms with Crippen LogP contribution < -0.4 is 0 Å². The monoisotopic (exact) mass is 653 g/mol. The molecule has 0 fully saturated rings. The fraction of sp³-hybridized carbons (Fsp3) is 0.741. The SMILES string of the molecule is COCCOCCCCC(=O)CCCC(=O)CI.COCCOCCCCC(=O)CCN1C(=O)C=CC1=O. The van der Waals surface area contributed by atoms with Crippen molar-refractivity contribution in [3.05, 3.63) is 12.2 Å². The summed E-state index contributed by atoms with van der Waals surface area (Å²) in [7, 11) is 3.26. The molecule has 0 unspecified atom stereocenters. The topological polar surface area (TPSA) is 126 Å². The molecule has 1 heterocycles. The molecule has 0 aromatic heterocycles. The van der Waals surface area contributed by atoms with Crippen molar-refractivity contribution in [1.29, 1.82) is 0 Å². The molecule has 10 nitrogen and oxygen atoms in total. The number of unbranched alkanes of at least 4 members (excludes halogenated alkanes) is 2. The second-order valence-electron chi connectivity index (χ2n) is 8.64. The van der Waals surface area contributed by atoms with Gasteiger partial charge < -0.3 is 18.9 Å². The van der Waals surface area contributed by atoms with Crippen LogP contribution in [0.3, 0.4) is 0 Å². The van der Waals surface area contributed by atoms with E-state index in [1.807, 2.05) is 0 Å². The van der Waals surface area contributed by atoms with Crippen molar-refractivity contribution in [2.75, 3.05) is 64.8 Å². The Morgan fingerprint density at radius 2 is 1.08 bits per heavy atom. The summed E-state index contributed by atoms with van der Waals surface area (Å²) >= 11 is 2.05. The number of carbonyl (C=O) groups is 5. The highest BCUT2D eigenvalue weighted by Crippen LogP contribution is 2.07. The molecule has 0 aromatic carbocycles. The summed E-state index contributed by atoms with van der Waals surface area (Å²) in [4.78, 5) is 57.7. The summed E-state index contributed by atoms with van der Waals surface area (Å²) in [5, 5.41) is 0. The highest BCUT2D eigenvalue weighted by molar-refractivity contribution is 14.1. The lowest BCUT2D eigenvalue weighted by molar-refractivity contribution is -0.137. The zero-order valence-corrected chi connectivity index (χ0v) is 25.0. The van der Waals surface area contributed by atoms with Crippen LogP contribution in [0.1, 0.15) is 64.2 Å². The first-order chi connectivity index (χ1) is 18.3. The van der Waals surface area contributed by atoms with Crippen LogP contribution in [0.4, 0.5) is 0 Å². The van der Waals surface area contributed by atoms with Gasteiger partial charge in [0.2, 0.25) is 0 Å². The summed E-state index contributed by atoms with van der Waals surface area (Å²) in [5.74, 6) is -0.124. The van der Waals surface area contributed by atoms with E-state index in [2.05, 4.69) is 22.6 Å². The van der Waals surface area contributed by atoms with Crippen molar-refractivity contribution < 1.29 is 42.9 Å². The number of Topliss-reactive ketones (excluding diaryl/α,β-unsaturated/α-hetero) is 3. The van der Waals surface area contributed by atoms with Crippen LogP contribution in [0.5, 0.6) is 0 Å². The number of amides is 2. The zero-order chi connectivity index (χ0) is 28.4. The van der Waals surface area contributed by atoms with E-state index < -0.39 is 0 Å². The average molecular weight is 654 g/mol. The fourth-order valence-corrected chi connectivity index (χ4v) is 3.61. The van der Waals surface area contributed by atoms with Gasteiger partial charge in [-0.05, 0) is 32.1 Å². The third-order valence-corrected chi connectivity index (χ3v) is 6.28. The molecule has 0 N–H and O–H groups in total. The first kappa shape index (κ1) is 36.5. The Morgan fingerprint density at radius 1 is 0.632 bits per heavy atom. The van der Waals surface area contributed by atoms with E-state index >= 15 is 0 Å². The Bertz CT molecular complexity index is 709. The number of halogens is 1. The van der Waals surface area contributed by atoms with Gasteiger partial charge in [-0.25, -0.2) is 0 Å². The molecule has 38 heavy (non-hydrogen) atoms. The molecular formula is C27H44INO9. The third kappa shape index (κ3) is 21.4. The fourth-order valence-electron chi connectivity index (χ4n) is 3.23. The number of alkyl halides is 1. The van der Waals surface area contributed by atoms with Crippen LogP contribution in [0.25, 0.3) is 0 Å². The number of carbonyl (C=O) groups excluding carboxylic acids is 5. The van der Waals surface area contributed by atoms with Gasteiger partial charge in [-0.3, -0.25) is 28.9 Å².